The fourth-order valence-corrected chi connectivity index (χ4v) is 1.44. The lowest BCUT2D eigenvalue weighted by Crippen LogP contribution is -2.23. The van der Waals surface area contributed by atoms with Crippen LogP contribution in [0.25, 0.3) is 0 Å². The van der Waals surface area contributed by atoms with E-state index in [9.17, 15) is 14.0 Å². The predicted octanol–water partition coefficient (Wildman–Crippen LogP) is 3.02. The number of halogens is 1. The molecule has 0 aliphatic carbocycles. The molecule has 0 saturated carbocycles. The van der Waals surface area contributed by atoms with Crippen molar-refractivity contribution >= 4 is 11.6 Å². The van der Waals surface area contributed by atoms with Crippen LogP contribution in [0.5, 0.6) is 5.75 Å². The van der Waals surface area contributed by atoms with Gasteiger partial charge in [0.15, 0.2) is 5.78 Å². The highest BCUT2D eigenvalue weighted by Gasteiger charge is 2.26. The van der Waals surface area contributed by atoms with Crippen molar-refractivity contribution in [2.75, 3.05) is 7.11 Å². The van der Waals surface area contributed by atoms with E-state index in [0.717, 1.165) is 0 Å². The molecule has 0 radical (unpaired) electrons. The summed E-state index contributed by atoms with van der Waals surface area (Å²) in [4.78, 5) is 23.7. The van der Waals surface area contributed by atoms with E-state index in [-0.39, 0.29) is 23.5 Å². The molecule has 1 rings (SSSR count). The highest BCUT2D eigenvalue weighted by atomic mass is 19.1. The van der Waals surface area contributed by atoms with Gasteiger partial charge in [0.1, 0.15) is 17.3 Å². The Labute approximate surface area is 106 Å². The van der Waals surface area contributed by atoms with Gasteiger partial charge in [-0.25, -0.2) is 4.39 Å². The lowest BCUT2D eigenvalue weighted by Gasteiger charge is -2.16. The second-order valence-corrected chi connectivity index (χ2v) is 5.09. The van der Waals surface area contributed by atoms with Crippen LogP contribution in [0, 0.1) is 11.2 Å². The van der Waals surface area contributed by atoms with Crippen LogP contribution in [0.2, 0.25) is 0 Å². The molecule has 18 heavy (non-hydrogen) atoms. The number of Topliss-reactive ketones (excluding diaryl/α,β-unsaturated/α-hetero) is 2. The minimum atomic E-state index is -0.666. The molecule has 0 amide bonds. The van der Waals surface area contributed by atoms with Gasteiger partial charge in [0, 0.05) is 5.41 Å². The number of carbonyl (C=O) groups excluding carboxylic acids is 2. The normalized spacial score (nSPS) is 11.2. The molecule has 0 heterocycles. The molecule has 98 valence electrons. The Balaban J connectivity index is 3.02. The quantitative estimate of drug-likeness (QED) is 0.611. The maximum atomic E-state index is 13.6. The highest BCUT2D eigenvalue weighted by molar-refractivity contribution is 6.10. The first kappa shape index (κ1) is 14.4. The number of ether oxygens (including phenoxy) is 1. The zero-order chi connectivity index (χ0) is 13.9. The highest BCUT2D eigenvalue weighted by Crippen LogP contribution is 2.25. The summed E-state index contributed by atoms with van der Waals surface area (Å²) in [5.41, 5.74) is -0.772. The molecule has 0 N–H and O–H groups in total. The van der Waals surface area contributed by atoms with Gasteiger partial charge < -0.3 is 4.74 Å². The molecule has 3 nitrogen and oxygen atoms in total. The fraction of sp³-hybridized carbons (Fsp3) is 0.429. The van der Waals surface area contributed by atoms with Crippen LogP contribution in [-0.4, -0.2) is 18.7 Å². The van der Waals surface area contributed by atoms with Crippen LogP contribution in [0.3, 0.4) is 0 Å². The number of carbonyl (C=O) groups is 2. The van der Waals surface area contributed by atoms with E-state index in [1.807, 2.05) is 0 Å². The Hall–Kier alpha value is -1.71. The van der Waals surface area contributed by atoms with Gasteiger partial charge >= 0.3 is 0 Å². The van der Waals surface area contributed by atoms with Crippen molar-refractivity contribution in [1.82, 2.24) is 0 Å². The zero-order valence-electron chi connectivity index (χ0n) is 11.0. The molecule has 0 fully saturated rings. The minimum Gasteiger partial charge on any atom is -0.496 e. The van der Waals surface area contributed by atoms with Gasteiger partial charge in [-0.3, -0.25) is 9.59 Å². The van der Waals surface area contributed by atoms with Gasteiger partial charge in [-0.15, -0.1) is 0 Å². The Morgan fingerprint density at radius 1 is 1.28 bits per heavy atom. The van der Waals surface area contributed by atoms with Gasteiger partial charge in [-0.2, -0.15) is 0 Å². The summed E-state index contributed by atoms with van der Waals surface area (Å²) in [6.45, 7) is 5.17. The maximum Gasteiger partial charge on any atom is 0.176 e. The third-order valence-electron chi connectivity index (χ3n) is 2.63. The van der Waals surface area contributed by atoms with Gasteiger partial charge in [-0.05, 0) is 12.1 Å². The summed E-state index contributed by atoms with van der Waals surface area (Å²) in [6, 6.07) is 4.13. The molecule has 4 heteroatoms. The van der Waals surface area contributed by atoms with Crippen molar-refractivity contribution in [3.05, 3.63) is 29.6 Å². The Bertz CT molecular complexity index is 472. The third kappa shape index (κ3) is 3.15. The molecule has 1 aromatic rings. The summed E-state index contributed by atoms with van der Waals surface area (Å²) in [6.07, 6.45) is -0.319. The van der Waals surface area contributed by atoms with E-state index in [2.05, 4.69) is 0 Å². The molecule has 0 aromatic heterocycles. The summed E-state index contributed by atoms with van der Waals surface area (Å²) in [5, 5.41) is 0. The SMILES string of the molecule is COc1cccc(F)c1C(=O)CC(=O)C(C)(C)C. The summed E-state index contributed by atoms with van der Waals surface area (Å²) in [5.74, 6) is -1.29. The molecular weight excluding hydrogens is 235 g/mol. The van der Waals surface area contributed by atoms with Crippen LogP contribution >= 0.6 is 0 Å². The molecule has 0 aliphatic heterocycles. The molecule has 0 bridgehead atoms. The van der Waals surface area contributed by atoms with Crippen molar-refractivity contribution in [2.24, 2.45) is 5.41 Å². The second-order valence-electron chi connectivity index (χ2n) is 5.09. The van der Waals surface area contributed by atoms with E-state index in [0.29, 0.717) is 0 Å². The van der Waals surface area contributed by atoms with Crippen molar-refractivity contribution in [3.63, 3.8) is 0 Å². The molecule has 0 aliphatic rings. The average Bonchev–Trinajstić information content (AvgIpc) is 2.26. The number of methoxy groups -OCH3 is 1. The number of benzene rings is 1. The van der Waals surface area contributed by atoms with Gasteiger partial charge in [0.25, 0.3) is 0 Å². The van der Waals surface area contributed by atoms with Gasteiger partial charge in [0.2, 0.25) is 0 Å². The number of hydrogen-bond donors (Lipinski definition) is 0. The number of rotatable bonds is 4. The van der Waals surface area contributed by atoms with Gasteiger partial charge in [-0.1, -0.05) is 26.8 Å². The molecule has 1 aromatic carbocycles. The summed E-state index contributed by atoms with van der Waals surface area (Å²) >= 11 is 0. The monoisotopic (exact) mass is 252 g/mol. The maximum absolute atomic E-state index is 13.6. The standard InChI is InChI=1S/C14H17FO3/c1-14(2,3)12(17)8-10(16)13-9(15)6-5-7-11(13)18-4/h5-7H,8H2,1-4H3. The van der Waals surface area contributed by atoms with Crippen molar-refractivity contribution < 1.29 is 18.7 Å². The number of ketones is 2. The van der Waals surface area contributed by atoms with Crippen LogP contribution < -0.4 is 4.74 Å². The molecule has 0 spiro atoms. The molecular formula is C14H17FO3. The molecule has 0 unspecified atom stereocenters. The lowest BCUT2D eigenvalue weighted by molar-refractivity contribution is -0.125. The van der Waals surface area contributed by atoms with Crippen molar-refractivity contribution in [3.8, 4) is 5.75 Å². The first-order chi connectivity index (χ1) is 8.27. The third-order valence-corrected chi connectivity index (χ3v) is 2.63. The smallest absolute Gasteiger partial charge is 0.176 e. The Morgan fingerprint density at radius 3 is 2.39 bits per heavy atom. The minimum absolute atomic E-state index is 0.154. The topological polar surface area (TPSA) is 43.4 Å². The summed E-state index contributed by atoms with van der Waals surface area (Å²) < 4.78 is 18.6. The van der Waals surface area contributed by atoms with Crippen molar-refractivity contribution in [1.29, 1.82) is 0 Å². The zero-order valence-corrected chi connectivity index (χ0v) is 11.0. The van der Waals surface area contributed by atoms with Crippen molar-refractivity contribution in [2.45, 2.75) is 27.2 Å². The Kier molecular flexibility index (Phi) is 4.22. The molecule has 0 atom stereocenters. The number of hydrogen-bond acceptors (Lipinski definition) is 3. The predicted molar refractivity (Wildman–Crippen MR) is 66.4 cm³/mol. The average molecular weight is 252 g/mol. The van der Waals surface area contributed by atoms with E-state index < -0.39 is 17.0 Å². The van der Waals surface area contributed by atoms with E-state index in [1.54, 1.807) is 20.8 Å². The fourth-order valence-electron chi connectivity index (χ4n) is 1.44. The van der Waals surface area contributed by atoms with Crippen LogP contribution in [0.4, 0.5) is 4.39 Å². The van der Waals surface area contributed by atoms with Crippen LogP contribution in [0.1, 0.15) is 37.6 Å². The first-order valence-electron chi connectivity index (χ1n) is 5.66. The summed E-state index contributed by atoms with van der Waals surface area (Å²) in [7, 11) is 1.36. The van der Waals surface area contributed by atoms with E-state index >= 15 is 0 Å². The van der Waals surface area contributed by atoms with Crippen LogP contribution in [-0.2, 0) is 4.79 Å². The van der Waals surface area contributed by atoms with E-state index in [1.165, 1.54) is 25.3 Å². The lowest BCUT2D eigenvalue weighted by atomic mass is 9.87. The Morgan fingerprint density at radius 2 is 1.89 bits per heavy atom. The van der Waals surface area contributed by atoms with Crippen LogP contribution in [0.15, 0.2) is 18.2 Å². The molecule has 0 saturated heterocycles. The first-order valence-corrected chi connectivity index (χ1v) is 5.66. The van der Waals surface area contributed by atoms with E-state index in [4.69, 9.17) is 4.74 Å². The largest absolute Gasteiger partial charge is 0.496 e. The second kappa shape index (κ2) is 5.29. The van der Waals surface area contributed by atoms with Gasteiger partial charge in [0.05, 0.1) is 19.1 Å².